The number of para-hydroxylation sites is 1. The first kappa shape index (κ1) is 13.5. The molecule has 0 aliphatic rings. The van der Waals surface area contributed by atoms with Crippen LogP contribution in [0.4, 0.5) is 5.69 Å². The number of anilines is 1. The molecule has 0 radical (unpaired) electrons. The van der Waals surface area contributed by atoms with Gasteiger partial charge in [-0.3, -0.25) is 0 Å². The molecular weight excluding hydrogens is 328 g/mol. The van der Waals surface area contributed by atoms with E-state index >= 15 is 0 Å². The normalized spacial score (nSPS) is 10.1. The molecule has 2 aromatic rings. The molecule has 1 N–H and O–H groups in total. The van der Waals surface area contributed by atoms with E-state index in [1.807, 2.05) is 42.3 Å². The van der Waals surface area contributed by atoms with Gasteiger partial charge in [0.25, 0.3) is 0 Å². The lowest BCUT2D eigenvalue weighted by molar-refractivity contribution is 0.514. The summed E-state index contributed by atoms with van der Waals surface area (Å²) in [6.45, 7) is 0.814. The summed E-state index contributed by atoms with van der Waals surface area (Å²) in [5.41, 5.74) is 1.02. The van der Waals surface area contributed by atoms with Crippen molar-refractivity contribution in [2.75, 3.05) is 12.4 Å². The maximum atomic E-state index is 5.37. The minimum Gasteiger partial charge on any atom is -0.347 e. The van der Waals surface area contributed by atoms with Gasteiger partial charge in [-0.2, -0.15) is 0 Å². The van der Waals surface area contributed by atoms with Gasteiger partial charge < -0.3 is 10.2 Å². The summed E-state index contributed by atoms with van der Waals surface area (Å²) in [5.74, 6) is 0. The van der Waals surface area contributed by atoms with Crippen LogP contribution in [0.25, 0.3) is 0 Å². The van der Waals surface area contributed by atoms with Crippen molar-refractivity contribution in [2.24, 2.45) is 0 Å². The summed E-state index contributed by atoms with van der Waals surface area (Å²) in [5, 5.41) is 6.03. The number of halogens is 1. The maximum absolute atomic E-state index is 5.37. The first-order valence-corrected chi connectivity index (χ1v) is 7.53. The standard InChI is InChI=1S/C13H13BrN2S2/c1-16(8-12-7-10(14)9-18-12)13(17)15-11-5-3-2-4-6-11/h2-7,9H,8H2,1H3,(H,15,17). The number of benzene rings is 1. The number of nitrogens with zero attached hydrogens (tertiary/aromatic N) is 1. The summed E-state index contributed by atoms with van der Waals surface area (Å²) in [6.07, 6.45) is 0. The van der Waals surface area contributed by atoms with E-state index in [9.17, 15) is 0 Å². The lowest BCUT2D eigenvalue weighted by Crippen LogP contribution is -2.30. The molecule has 0 atom stereocenters. The molecule has 0 amide bonds. The molecule has 0 saturated heterocycles. The van der Waals surface area contributed by atoms with E-state index < -0.39 is 0 Å². The number of nitrogens with one attached hydrogen (secondary N) is 1. The Hall–Kier alpha value is -0.910. The Morgan fingerprint density at radius 1 is 1.39 bits per heavy atom. The molecule has 1 aromatic heterocycles. The number of thiophene rings is 1. The van der Waals surface area contributed by atoms with Gasteiger partial charge in [-0.1, -0.05) is 18.2 Å². The number of hydrogen-bond donors (Lipinski definition) is 1. The number of hydrogen-bond acceptors (Lipinski definition) is 2. The molecule has 0 spiro atoms. The number of rotatable bonds is 3. The third-order valence-corrected chi connectivity index (χ3v) is 4.48. The average Bonchev–Trinajstić information content (AvgIpc) is 2.76. The molecule has 1 aromatic carbocycles. The lowest BCUT2D eigenvalue weighted by atomic mass is 10.3. The third-order valence-electron chi connectivity index (χ3n) is 2.39. The monoisotopic (exact) mass is 340 g/mol. The topological polar surface area (TPSA) is 15.3 Å². The van der Waals surface area contributed by atoms with E-state index in [1.54, 1.807) is 11.3 Å². The Balaban J connectivity index is 1.93. The van der Waals surface area contributed by atoms with Crippen molar-refractivity contribution in [1.82, 2.24) is 4.90 Å². The molecule has 2 rings (SSSR count). The molecule has 0 fully saturated rings. The first-order valence-electron chi connectivity index (χ1n) is 5.45. The van der Waals surface area contributed by atoms with E-state index in [1.165, 1.54) is 4.88 Å². The van der Waals surface area contributed by atoms with Gasteiger partial charge in [0.2, 0.25) is 0 Å². The second-order valence-corrected chi connectivity index (χ2v) is 6.18. The highest BCUT2D eigenvalue weighted by Gasteiger charge is 2.06. The second-order valence-electron chi connectivity index (χ2n) is 3.88. The molecule has 0 aliphatic carbocycles. The molecule has 0 saturated carbocycles. The van der Waals surface area contributed by atoms with Gasteiger partial charge in [0.05, 0.1) is 6.54 Å². The van der Waals surface area contributed by atoms with E-state index in [2.05, 4.69) is 32.7 Å². The van der Waals surface area contributed by atoms with Crippen LogP contribution in [0.2, 0.25) is 0 Å². The fourth-order valence-corrected chi connectivity index (χ4v) is 3.17. The van der Waals surface area contributed by atoms with Crippen molar-refractivity contribution < 1.29 is 0 Å². The van der Waals surface area contributed by atoms with Crippen LogP contribution in [0, 0.1) is 0 Å². The van der Waals surface area contributed by atoms with Gasteiger partial charge >= 0.3 is 0 Å². The zero-order valence-corrected chi connectivity index (χ0v) is 13.1. The number of thiocarbonyl (C=S) groups is 1. The van der Waals surface area contributed by atoms with E-state index in [4.69, 9.17) is 12.2 Å². The van der Waals surface area contributed by atoms with Crippen molar-refractivity contribution in [3.8, 4) is 0 Å². The molecule has 5 heteroatoms. The van der Waals surface area contributed by atoms with Gasteiger partial charge in [-0.05, 0) is 46.3 Å². The molecule has 0 unspecified atom stereocenters. The van der Waals surface area contributed by atoms with Gasteiger partial charge in [0, 0.05) is 27.5 Å². The maximum Gasteiger partial charge on any atom is 0.173 e. The van der Waals surface area contributed by atoms with Crippen LogP contribution >= 0.6 is 39.5 Å². The Labute approximate surface area is 125 Å². The van der Waals surface area contributed by atoms with E-state index in [0.29, 0.717) is 0 Å². The van der Waals surface area contributed by atoms with Crippen LogP contribution in [0.1, 0.15) is 4.88 Å². The van der Waals surface area contributed by atoms with Gasteiger partial charge in [0.1, 0.15) is 0 Å². The predicted molar refractivity (Wildman–Crippen MR) is 86.1 cm³/mol. The SMILES string of the molecule is CN(Cc1cc(Br)cs1)C(=S)Nc1ccccc1. The van der Waals surface area contributed by atoms with Gasteiger partial charge in [-0.15, -0.1) is 11.3 Å². The van der Waals surface area contributed by atoms with Crippen LogP contribution in [-0.2, 0) is 6.54 Å². The molecule has 2 nitrogen and oxygen atoms in total. The highest BCUT2D eigenvalue weighted by Crippen LogP contribution is 2.21. The smallest absolute Gasteiger partial charge is 0.173 e. The first-order chi connectivity index (χ1) is 8.65. The van der Waals surface area contributed by atoms with Crippen LogP contribution in [0.15, 0.2) is 46.3 Å². The van der Waals surface area contributed by atoms with Crippen molar-refractivity contribution >= 4 is 50.3 Å². The quantitative estimate of drug-likeness (QED) is 0.836. The molecule has 0 bridgehead atoms. The lowest BCUT2D eigenvalue weighted by Gasteiger charge is -2.20. The zero-order chi connectivity index (χ0) is 13.0. The molecule has 0 aliphatic heterocycles. The van der Waals surface area contributed by atoms with E-state index in [0.717, 1.165) is 21.8 Å². The van der Waals surface area contributed by atoms with Crippen LogP contribution < -0.4 is 5.32 Å². The average molecular weight is 341 g/mol. The predicted octanol–water partition coefficient (Wildman–Crippen LogP) is 4.34. The van der Waals surface area contributed by atoms with Gasteiger partial charge in [0.15, 0.2) is 5.11 Å². The Morgan fingerprint density at radius 2 is 2.11 bits per heavy atom. The zero-order valence-electron chi connectivity index (χ0n) is 9.89. The Morgan fingerprint density at radius 3 is 2.72 bits per heavy atom. The van der Waals surface area contributed by atoms with Crippen molar-refractivity contribution in [1.29, 1.82) is 0 Å². The minimum absolute atomic E-state index is 0.728. The third kappa shape index (κ3) is 3.80. The van der Waals surface area contributed by atoms with Crippen LogP contribution in [0.5, 0.6) is 0 Å². The fraction of sp³-hybridized carbons (Fsp3) is 0.154. The van der Waals surface area contributed by atoms with Gasteiger partial charge in [-0.25, -0.2) is 0 Å². The highest BCUT2D eigenvalue weighted by atomic mass is 79.9. The Bertz CT molecular complexity index is 525. The molecule has 18 heavy (non-hydrogen) atoms. The molecular formula is C13H13BrN2S2. The largest absolute Gasteiger partial charge is 0.347 e. The summed E-state index contributed by atoms with van der Waals surface area (Å²) < 4.78 is 1.12. The molecule has 94 valence electrons. The van der Waals surface area contributed by atoms with Crippen molar-refractivity contribution in [2.45, 2.75) is 6.54 Å². The summed E-state index contributed by atoms with van der Waals surface area (Å²) in [4.78, 5) is 3.31. The fourth-order valence-electron chi connectivity index (χ4n) is 1.48. The van der Waals surface area contributed by atoms with Crippen molar-refractivity contribution in [3.05, 3.63) is 51.1 Å². The van der Waals surface area contributed by atoms with Crippen LogP contribution in [-0.4, -0.2) is 17.1 Å². The van der Waals surface area contributed by atoms with Crippen LogP contribution in [0.3, 0.4) is 0 Å². The summed E-state index contributed by atoms with van der Waals surface area (Å²) in [7, 11) is 1.99. The minimum atomic E-state index is 0.728. The van der Waals surface area contributed by atoms with E-state index in [-0.39, 0.29) is 0 Å². The summed E-state index contributed by atoms with van der Waals surface area (Å²) >= 11 is 10.6. The highest BCUT2D eigenvalue weighted by molar-refractivity contribution is 9.10. The summed E-state index contributed by atoms with van der Waals surface area (Å²) in [6, 6.07) is 12.1. The Kier molecular flexibility index (Phi) is 4.74. The second kappa shape index (κ2) is 6.31. The van der Waals surface area contributed by atoms with Crippen molar-refractivity contribution in [3.63, 3.8) is 0 Å². The molecule has 1 heterocycles.